The van der Waals surface area contributed by atoms with Crippen LogP contribution in [0.5, 0.6) is 5.75 Å². The first kappa shape index (κ1) is 17.8. The molecule has 1 aliphatic rings. The van der Waals surface area contributed by atoms with Crippen molar-refractivity contribution in [2.75, 3.05) is 32.8 Å². The summed E-state index contributed by atoms with van der Waals surface area (Å²) in [5, 5.41) is 10.2. The summed E-state index contributed by atoms with van der Waals surface area (Å²) >= 11 is 0. The molecule has 23 heavy (non-hydrogen) atoms. The van der Waals surface area contributed by atoms with Crippen molar-refractivity contribution < 1.29 is 19.4 Å². The van der Waals surface area contributed by atoms with E-state index in [9.17, 15) is 9.90 Å². The van der Waals surface area contributed by atoms with Crippen molar-refractivity contribution in [3.8, 4) is 5.75 Å². The lowest BCUT2D eigenvalue weighted by molar-refractivity contribution is -0.150. The van der Waals surface area contributed by atoms with Crippen molar-refractivity contribution in [2.45, 2.75) is 32.8 Å². The van der Waals surface area contributed by atoms with Gasteiger partial charge in [0, 0.05) is 13.1 Å². The SMILES string of the molecule is CCOC(=O)C1CCCN(CC(O)COc2ccccc2C)C1. The van der Waals surface area contributed by atoms with Crippen molar-refractivity contribution in [3.63, 3.8) is 0 Å². The molecule has 1 aliphatic heterocycles. The highest BCUT2D eigenvalue weighted by Gasteiger charge is 2.27. The van der Waals surface area contributed by atoms with Crippen molar-refractivity contribution in [1.29, 1.82) is 0 Å². The van der Waals surface area contributed by atoms with Crippen molar-refractivity contribution in [3.05, 3.63) is 29.8 Å². The number of benzene rings is 1. The fourth-order valence-electron chi connectivity index (χ4n) is 2.93. The van der Waals surface area contributed by atoms with Gasteiger partial charge in [-0.2, -0.15) is 0 Å². The van der Waals surface area contributed by atoms with E-state index in [1.165, 1.54) is 0 Å². The van der Waals surface area contributed by atoms with Crippen LogP contribution in [0.25, 0.3) is 0 Å². The Hall–Kier alpha value is -1.59. The number of rotatable bonds is 7. The molecule has 5 heteroatoms. The lowest BCUT2D eigenvalue weighted by Gasteiger charge is -2.32. The number of piperidine rings is 1. The minimum absolute atomic E-state index is 0.0758. The standard InChI is InChI=1S/C18H27NO4/c1-3-22-18(21)15-8-6-10-19(11-15)12-16(20)13-23-17-9-5-4-7-14(17)2/h4-5,7,9,15-16,20H,3,6,8,10-13H2,1-2H3. The molecule has 0 aromatic heterocycles. The minimum Gasteiger partial charge on any atom is -0.491 e. The molecule has 1 saturated heterocycles. The molecule has 1 heterocycles. The molecule has 1 aromatic carbocycles. The summed E-state index contributed by atoms with van der Waals surface area (Å²) in [5.41, 5.74) is 1.06. The van der Waals surface area contributed by atoms with Crippen LogP contribution in [-0.4, -0.2) is 54.9 Å². The number of likely N-dealkylation sites (tertiary alicyclic amines) is 1. The summed E-state index contributed by atoms with van der Waals surface area (Å²) in [6.45, 7) is 6.55. The Kier molecular flexibility index (Phi) is 6.86. The van der Waals surface area contributed by atoms with Crippen molar-refractivity contribution in [2.24, 2.45) is 5.92 Å². The number of hydrogen-bond donors (Lipinski definition) is 1. The maximum absolute atomic E-state index is 11.8. The number of ether oxygens (including phenoxy) is 2. The molecule has 0 radical (unpaired) electrons. The van der Waals surface area contributed by atoms with Crippen molar-refractivity contribution >= 4 is 5.97 Å². The second-order valence-electron chi connectivity index (χ2n) is 6.08. The second-order valence-corrected chi connectivity index (χ2v) is 6.08. The molecule has 0 amide bonds. The highest BCUT2D eigenvalue weighted by atomic mass is 16.5. The number of β-amino-alcohol motifs (C(OH)–C–C–N with tert-alkyl or cyclic N) is 1. The van der Waals surface area contributed by atoms with Gasteiger partial charge in [0.1, 0.15) is 18.5 Å². The van der Waals surface area contributed by atoms with Crippen LogP contribution in [0.2, 0.25) is 0 Å². The van der Waals surface area contributed by atoms with Gasteiger partial charge < -0.3 is 14.6 Å². The van der Waals surface area contributed by atoms with Crippen LogP contribution >= 0.6 is 0 Å². The van der Waals surface area contributed by atoms with E-state index in [1.54, 1.807) is 0 Å². The molecule has 1 aromatic rings. The van der Waals surface area contributed by atoms with Gasteiger partial charge in [-0.05, 0) is 44.9 Å². The first-order chi connectivity index (χ1) is 11.1. The lowest BCUT2D eigenvalue weighted by Crippen LogP contribution is -2.44. The molecule has 2 unspecified atom stereocenters. The smallest absolute Gasteiger partial charge is 0.310 e. The molecular weight excluding hydrogens is 294 g/mol. The molecular formula is C18H27NO4. The van der Waals surface area contributed by atoms with Crippen molar-refractivity contribution in [1.82, 2.24) is 4.90 Å². The largest absolute Gasteiger partial charge is 0.491 e. The van der Waals surface area contributed by atoms with Gasteiger partial charge in [-0.25, -0.2) is 0 Å². The van der Waals surface area contributed by atoms with Gasteiger partial charge >= 0.3 is 5.97 Å². The summed E-state index contributed by atoms with van der Waals surface area (Å²) in [5.74, 6) is 0.602. The van der Waals surface area contributed by atoms with Crippen LogP contribution in [0.1, 0.15) is 25.3 Å². The van der Waals surface area contributed by atoms with Crippen LogP contribution < -0.4 is 4.74 Å². The predicted molar refractivity (Wildman–Crippen MR) is 88.5 cm³/mol. The maximum Gasteiger partial charge on any atom is 0.310 e. The van der Waals surface area contributed by atoms with Crippen LogP contribution in [-0.2, 0) is 9.53 Å². The predicted octanol–water partition coefficient (Wildman–Crippen LogP) is 2.01. The Morgan fingerprint density at radius 3 is 2.96 bits per heavy atom. The average molecular weight is 321 g/mol. The maximum atomic E-state index is 11.8. The molecule has 0 bridgehead atoms. The Labute approximate surface area is 138 Å². The van der Waals surface area contributed by atoms with Gasteiger partial charge in [0.05, 0.1) is 12.5 Å². The number of aryl methyl sites for hydroxylation is 1. The first-order valence-electron chi connectivity index (χ1n) is 8.35. The van der Waals surface area contributed by atoms with Gasteiger partial charge in [-0.1, -0.05) is 18.2 Å². The molecule has 2 atom stereocenters. The molecule has 128 valence electrons. The van der Waals surface area contributed by atoms with Gasteiger partial charge in [-0.15, -0.1) is 0 Å². The summed E-state index contributed by atoms with van der Waals surface area (Å²) in [4.78, 5) is 14.0. The highest BCUT2D eigenvalue weighted by molar-refractivity contribution is 5.72. The van der Waals surface area contributed by atoms with Crippen LogP contribution in [0.15, 0.2) is 24.3 Å². The number of carbonyl (C=O) groups is 1. The van der Waals surface area contributed by atoms with E-state index in [0.29, 0.717) is 19.7 Å². The average Bonchev–Trinajstić information content (AvgIpc) is 2.54. The van der Waals surface area contributed by atoms with E-state index in [2.05, 4.69) is 4.90 Å². The Bertz CT molecular complexity index is 506. The number of hydrogen-bond acceptors (Lipinski definition) is 5. The second kappa shape index (κ2) is 8.89. The van der Waals surface area contributed by atoms with Crippen LogP contribution in [0, 0.1) is 12.8 Å². The van der Waals surface area contributed by atoms with Gasteiger partial charge in [0.2, 0.25) is 0 Å². The zero-order valence-corrected chi connectivity index (χ0v) is 14.0. The number of aliphatic hydroxyl groups is 1. The third-order valence-corrected chi connectivity index (χ3v) is 4.12. The number of carbonyl (C=O) groups excluding carboxylic acids is 1. The van der Waals surface area contributed by atoms with Crippen LogP contribution in [0.3, 0.4) is 0 Å². The molecule has 0 saturated carbocycles. The van der Waals surface area contributed by atoms with Gasteiger partial charge in [0.25, 0.3) is 0 Å². The Morgan fingerprint density at radius 1 is 1.43 bits per heavy atom. The third-order valence-electron chi connectivity index (χ3n) is 4.12. The van der Waals surface area contributed by atoms with E-state index in [0.717, 1.165) is 30.7 Å². The zero-order valence-electron chi connectivity index (χ0n) is 14.0. The number of esters is 1. The number of nitrogens with zero attached hydrogens (tertiary/aromatic N) is 1. The third kappa shape index (κ3) is 5.52. The quantitative estimate of drug-likeness (QED) is 0.779. The number of para-hydroxylation sites is 1. The van der Waals surface area contributed by atoms with Gasteiger partial charge in [0.15, 0.2) is 0 Å². The fourth-order valence-corrected chi connectivity index (χ4v) is 2.93. The van der Waals surface area contributed by atoms with E-state index in [-0.39, 0.29) is 18.5 Å². The summed E-state index contributed by atoms with van der Waals surface area (Å²) in [6, 6.07) is 7.77. The summed E-state index contributed by atoms with van der Waals surface area (Å²) in [7, 11) is 0. The normalized spacial score (nSPS) is 20.0. The molecule has 0 aliphatic carbocycles. The lowest BCUT2D eigenvalue weighted by atomic mass is 9.98. The molecule has 2 rings (SSSR count). The monoisotopic (exact) mass is 321 g/mol. The molecule has 1 fully saturated rings. The fraction of sp³-hybridized carbons (Fsp3) is 0.611. The number of aliphatic hydroxyl groups excluding tert-OH is 1. The Morgan fingerprint density at radius 2 is 2.22 bits per heavy atom. The summed E-state index contributed by atoms with van der Waals surface area (Å²) in [6.07, 6.45) is 1.25. The zero-order chi connectivity index (χ0) is 16.7. The molecule has 1 N–H and O–H groups in total. The van der Waals surface area contributed by atoms with Crippen LogP contribution in [0.4, 0.5) is 0 Å². The highest BCUT2D eigenvalue weighted by Crippen LogP contribution is 2.19. The van der Waals surface area contributed by atoms with E-state index < -0.39 is 6.10 Å². The molecule has 0 spiro atoms. The summed E-state index contributed by atoms with van der Waals surface area (Å²) < 4.78 is 10.8. The van der Waals surface area contributed by atoms with E-state index in [1.807, 2.05) is 38.1 Å². The van der Waals surface area contributed by atoms with E-state index >= 15 is 0 Å². The van der Waals surface area contributed by atoms with Gasteiger partial charge in [-0.3, -0.25) is 9.69 Å². The Balaban J connectivity index is 1.77. The topological polar surface area (TPSA) is 59.0 Å². The van der Waals surface area contributed by atoms with E-state index in [4.69, 9.17) is 9.47 Å². The first-order valence-corrected chi connectivity index (χ1v) is 8.35. The molecule has 5 nitrogen and oxygen atoms in total. The minimum atomic E-state index is -0.574.